The Morgan fingerprint density at radius 2 is 1.90 bits per heavy atom. The van der Waals surface area contributed by atoms with E-state index in [4.69, 9.17) is 0 Å². The summed E-state index contributed by atoms with van der Waals surface area (Å²) in [5, 5.41) is 12.0. The normalized spacial score (nSPS) is 12.8. The minimum absolute atomic E-state index is 0.0923. The molecule has 0 aliphatic heterocycles. The van der Waals surface area contributed by atoms with Gasteiger partial charge < -0.3 is 10.4 Å². The summed E-state index contributed by atoms with van der Waals surface area (Å²) in [4.78, 5) is 24.4. The van der Waals surface area contributed by atoms with Gasteiger partial charge in [-0.15, -0.1) is 11.8 Å². The number of thioether (sulfide) groups is 1. The lowest BCUT2D eigenvalue weighted by Gasteiger charge is -2.23. The molecule has 0 bridgehead atoms. The Bertz CT molecular complexity index is 508. The van der Waals surface area contributed by atoms with Gasteiger partial charge in [0.25, 0.3) is 5.91 Å². The Labute approximate surface area is 130 Å². The number of carboxylic acids is 1. The van der Waals surface area contributed by atoms with E-state index >= 15 is 0 Å². The van der Waals surface area contributed by atoms with Gasteiger partial charge in [-0.3, -0.25) is 9.59 Å². The zero-order valence-corrected chi connectivity index (χ0v) is 13.8. The highest BCUT2D eigenvalue weighted by Gasteiger charge is 2.25. The smallest absolute Gasteiger partial charge is 0.308 e. The summed E-state index contributed by atoms with van der Waals surface area (Å²) in [7, 11) is 0. The van der Waals surface area contributed by atoms with Gasteiger partial charge in [0.05, 0.1) is 11.5 Å². The van der Waals surface area contributed by atoms with Crippen molar-refractivity contribution in [2.24, 2.45) is 11.3 Å². The predicted octanol–water partition coefficient (Wildman–Crippen LogP) is 3.28. The zero-order chi connectivity index (χ0) is 16.0. The number of aliphatic carboxylic acids is 1. The number of carboxylic acid groups (broad SMARTS) is 1. The second kappa shape index (κ2) is 7.50. The van der Waals surface area contributed by atoms with Gasteiger partial charge in [0.1, 0.15) is 0 Å². The minimum atomic E-state index is -0.872. The van der Waals surface area contributed by atoms with Crippen molar-refractivity contribution in [3.8, 4) is 0 Å². The molecule has 2 N–H and O–H groups in total. The number of nitrogens with one attached hydrogen (secondary N) is 1. The lowest BCUT2D eigenvalue weighted by molar-refractivity contribution is -0.142. The second-order valence-corrected chi connectivity index (χ2v) is 7.06. The van der Waals surface area contributed by atoms with Crippen molar-refractivity contribution in [2.75, 3.05) is 12.8 Å². The first-order valence-corrected chi connectivity index (χ1v) is 8.11. The number of carbonyl (C=O) groups is 2. The molecule has 0 aromatic heterocycles. The van der Waals surface area contributed by atoms with E-state index in [2.05, 4.69) is 5.32 Å². The van der Waals surface area contributed by atoms with Crippen LogP contribution in [0.5, 0.6) is 0 Å². The van der Waals surface area contributed by atoms with E-state index < -0.39 is 11.9 Å². The average Bonchev–Trinajstić information content (AvgIpc) is 2.41. The number of hydrogen-bond donors (Lipinski definition) is 2. The molecule has 5 heteroatoms. The van der Waals surface area contributed by atoms with Crippen molar-refractivity contribution in [2.45, 2.75) is 32.1 Å². The van der Waals surface area contributed by atoms with Crippen molar-refractivity contribution < 1.29 is 14.7 Å². The van der Waals surface area contributed by atoms with E-state index in [0.29, 0.717) is 12.0 Å². The molecule has 0 aliphatic rings. The standard InChI is InChI=1S/C16H23NO3S/c1-16(2,3)9-11(15(19)20)10-17-14(18)12-7-5-6-8-13(12)21-4/h5-8,11H,9-10H2,1-4H3,(H,17,18)(H,19,20). The van der Waals surface area contributed by atoms with Crippen LogP contribution >= 0.6 is 11.8 Å². The lowest BCUT2D eigenvalue weighted by atomic mass is 9.84. The van der Waals surface area contributed by atoms with Crippen LogP contribution in [0.2, 0.25) is 0 Å². The van der Waals surface area contributed by atoms with Gasteiger partial charge >= 0.3 is 5.97 Å². The molecule has 0 saturated heterocycles. The van der Waals surface area contributed by atoms with E-state index in [1.165, 1.54) is 11.8 Å². The molecule has 1 unspecified atom stereocenters. The Hall–Kier alpha value is -1.49. The molecule has 116 valence electrons. The maximum Gasteiger partial charge on any atom is 0.308 e. The highest BCUT2D eigenvalue weighted by Crippen LogP contribution is 2.24. The van der Waals surface area contributed by atoms with Crippen LogP contribution in [0.3, 0.4) is 0 Å². The van der Waals surface area contributed by atoms with Gasteiger partial charge in [-0.05, 0) is 30.2 Å². The molecule has 21 heavy (non-hydrogen) atoms. The second-order valence-electron chi connectivity index (χ2n) is 6.21. The van der Waals surface area contributed by atoms with E-state index in [9.17, 15) is 14.7 Å². The summed E-state index contributed by atoms with van der Waals surface area (Å²) < 4.78 is 0. The van der Waals surface area contributed by atoms with E-state index in [1.54, 1.807) is 12.1 Å². The monoisotopic (exact) mass is 309 g/mol. The SMILES string of the molecule is CSc1ccccc1C(=O)NCC(CC(C)(C)C)C(=O)O. The third kappa shape index (κ3) is 5.79. The molecule has 1 rings (SSSR count). The summed E-state index contributed by atoms with van der Waals surface area (Å²) in [6.07, 6.45) is 2.43. The third-order valence-electron chi connectivity index (χ3n) is 3.07. The first kappa shape index (κ1) is 17.6. The van der Waals surface area contributed by atoms with Gasteiger partial charge in [-0.25, -0.2) is 0 Å². The molecule has 0 saturated carbocycles. The fraction of sp³-hybridized carbons (Fsp3) is 0.500. The van der Waals surface area contributed by atoms with Gasteiger partial charge in [-0.2, -0.15) is 0 Å². The zero-order valence-electron chi connectivity index (χ0n) is 13.0. The maximum atomic E-state index is 12.2. The van der Waals surface area contributed by atoms with Crippen molar-refractivity contribution in [1.29, 1.82) is 0 Å². The molecule has 1 aromatic carbocycles. The van der Waals surface area contributed by atoms with Crippen LogP contribution in [0.4, 0.5) is 0 Å². The summed E-state index contributed by atoms with van der Waals surface area (Å²) >= 11 is 1.50. The van der Waals surface area contributed by atoms with Crippen molar-refractivity contribution in [3.05, 3.63) is 29.8 Å². The van der Waals surface area contributed by atoms with Gasteiger partial charge in [0, 0.05) is 11.4 Å². The first-order valence-electron chi connectivity index (χ1n) is 6.88. The summed E-state index contributed by atoms with van der Waals surface area (Å²) in [5.41, 5.74) is 0.496. The van der Waals surface area contributed by atoms with Crippen molar-refractivity contribution >= 4 is 23.6 Å². The van der Waals surface area contributed by atoms with Crippen LogP contribution in [-0.4, -0.2) is 29.8 Å². The van der Waals surface area contributed by atoms with Gasteiger partial charge in [0.15, 0.2) is 0 Å². The fourth-order valence-electron chi connectivity index (χ4n) is 2.13. The predicted molar refractivity (Wildman–Crippen MR) is 85.8 cm³/mol. The number of hydrogen-bond acceptors (Lipinski definition) is 3. The molecule has 0 fully saturated rings. The van der Waals surface area contributed by atoms with Crippen molar-refractivity contribution in [3.63, 3.8) is 0 Å². The number of carbonyl (C=O) groups excluding carboxylic acids is 1. The van der Waals surface area contributed by atoms with E-state index in [-0.39, 0.29) is 17.9 Å². The maximum absolute atomic E-state index is 12.2. The Morgan fingerprint density at radius 1 is 1.29 bits per heavy atom. The van der Waals surface area contributed by atoms with Crippen LogP contribution in [0.15, 0.2) is 29.2 Å². The van der Waals surface area contributed by atoms with Crippen LogP contribution < -0.4 is 5.32 Å². The third-order valence-corrected chi connectivity index (χ3v) is 3.86. The summed E-state index contributed by atoms with van der Waals surface area (Å²) in [6, 6.07) is 7.31. The quantitative estimate of drug-likeness (QED) is 0.791. The molecule has 0 aliphatic carbocycles. The molecule has 4 nitrogen and oxygen atoms in total. The minimum Gasteiger partial charge on any atom is -0.481 e. The highest BCUT2D eigenvalue weighted by molar-refractivity contribution is 7.98. The molecule has 0 radical (unpaired) electrons. The van der Waals surface area contributed by atoms with Gasteiger partial charge in [0.2, 0.25) is 0 Å². The molecule has 0 heterocycles. The van der Waals surface area contributed by atoms with E-state index in [1.807, 2.05) is 39.2 Å². The topological polar surface area (TPSA) is 66.4 Å². The molecular weight excluding hydrogens is 286 g/mol. The number of amides is 1. The van der Waals surface area contributed by atoms with Crippen LogP contribution in [-0.2, 0) is 4.79 Å². The highest BCUT2D eigenvalue weighted by atomic mass is 32.2. The summed E-state index contributed by atoms with van der Waals surface area (Å²) in [5.74, 6) is -1.67. The Morgan fingerprint density at radius 3 is 2.43 bits per heavy atom. The largest absolute Gasteiger partial charge is 0.481 e. The first-order chi connectivity index (χ1) is 9.74. The van der Waals surface area contributed by atoms with Crippen molar-refractivity contribution in [1.82, 2.24) is 5.32 Å². The van der Waals surface area contributed by atoms with Crippen LogP contribution in [0.1, 0.15) is 37.6 Å². The number of benzene rings is 1. The molecule has 1 atom stereocenters. The Balaban J connectivity index is 2.72. The lowest BCUT2D eigenvalue weighted by Crippen LogP contribution is -2.35. The molecule has 1 amide bonds. The average molecular weight is 309 g/mol. The molecule has 0 spiro atoms. The van der Waals surface area contributed by atoms with E-state index in [0.717, 1.165) is 4.90 Å². The fourth-order valence-corrected chi connectivity index (χ4v) is 2.72. The molecular formula is C16H23NO3S. The van der Waals surface area contributed by atoms with Crippen LogP contribution in [0, 0.1) is 11.3 Å². The van der Waals surface area contributed by atoms with Gasteiger partial charge in [-0.1, -0.05) is 32.9 Å². The molecule has 1 aromatic rings. The summed E-state index contributed by atoms with van der Waals surface area (Å²) in [6.45, 7) is 6.13. The van der Waals surface area contributed by atoms with Crippen LogP contribution in [0.25, 0.3) is 0 Å². The Kier molecular flexibility index (Phi) is 6.27. The number of rotatable bonds is 6.